The van der Waals surface area contributed by atoms with Crippen molar-refractivity contribution in [3.8, 4) is 0 Å². The molecule has 5 nitrogen and oxygen atoms in total. The van der Waals surface area contributed by atoms with E-state index in [0.29, 0.717) is 32.3 Å². The van der Waals surface area contributed by atoms with E-state index in [4.69, 9.17) is 51.1 Å². The van der Waals surface area contributed by atoms with Crippen LogP contribution in [0.15, 0.2) is 0 Å². The first-order valence-electron chi connectivity index (χ1n) is 10.7. The van der Waals surface area contributed by atoms with Crippen molar-refractivity contribution in [2.75, 3.05) is 13.2 Å². The number of ether oxygens (including phenoxy) is 1. The molecule has 1 aliphatic heterocycles. The topological polar surface area (TPSA) is 63.7 Å². The van der Waals surface area contributed by atoms with Gasteiger partial charge in [-0.1, -0.05) is 91.9 Å². The Hall–Kier alpha value is -1.01. The number of benzene rings is 1. The average Bonchev–Trinajstić information content (AvgIpc) is 3.00. The average molecular weight is 511 g/mol. The molecule has 0 spiro atoms. The highest BCUT2D eigenvalue weighted by molar-refractivity contribution is 6.55. The lowest BCUT2D eigenvalue weighted by Crippen LogP contribution is -2.30. The molecule has 0 aliphatic carbocycles. The third kappa shape index (κ3) is 6.74. The number of esters is 1. The highest BCUT2D eigenvalue weighted by Crippen LogP contribution is 2.44. The van der Waals surface area contributed by atoms with Crippen LogP contribution in [0, 0.1) is 0 Å². The van der Waals surface area contributed by atoms with Gasteiger partial charge in [0.2, 0.25) is 0 Å². The first-order chi connectivity index (χ1) is 14.8. The van der Waals surface area contributed by atoms with Crippen LogP contribution in [0.2, 0.25) is 20.1 Å². The summed E-state index contributed by atoms with van der Waals surface area (Å²) in [6.07, 6.45) is 9.02. The second kappa shape index (κ2) is 12.9. The predicted molar refractivity (Wildman–Crippen MR) is 125 cm³/mol. The minimum Gasteiger partial charge on any atom is -0.466 e. The lowest BCUT2D eigenvalue weighted by Gasteiger charge is -2.13. The van der Waals surface area contributed by atoms with E-state index in [1.807, 2.05) is 0 Å². The lowest BCUT2D eigenvalue weighted by atomic mass is 10.1. The van der Waals surface area contributed by atoms with E-state index in [-0.39, 0.29) is 43.7 Å². The molecular formula is C22H27Cl4NO4. The molecule has 0 aromatic heterocycles. The number of imide groups is 1. The standard InChI is InChI=1S/C22H27Cl4NO4/c1-2-3-4-5-6-10-13-31-14(28)11-8-7-9-12-27-21(29)15-16(22(27)30)18(24)20(26)19(25)17(15)23/h2-13H2,1H3. The van der Waals surface area contributed by atoms with E-state index in [9.17, 15) is 14.4 Å². The highest BCUT2D eigenvalue weighted by atomic mass is 35.5. The summed E-state index contributed by atoms with van der Waals surface area (Å²) in [6, 6.07) is 0. The molecule has 1 heterocycles. The van der Waals surface area contributed by atoms with Gasteiger partial charge >= 0.3 is 5.97 Å². The molecular weight excluding hydrogens is 484 g/mol. The van der Waals surface area contributed by atoms with Crippen molar-refractivity contribution in [1.29, 1.82) is 0 Å². The molecule has 2 amide bonds. The summed E-state index contributed by atoms with van der Waals surface area (Å²) >= 11 is 24.2. The van der Waals surface area contributed by atoms with Gasteiger partial charge in [0.25, 0.3) is 11.8 Å². The number of rotatable bonds is 13. The van der Waals surface area contributed by atoms with Crippen LogP contribution in [-0.2, 0) is 9.53 Å². The van der Waals surface area contributed by atoms with Gasteiger partial charge in [-0.2, -0.15) is 0 Å². The Kier molecular flexibility index (Phi) is 10.9. The Morgan fingerprint density at radius 2 is 1.26 bits per heavy atom. The van der Waals surface area contributed by atoms with Crippen LogP contribution in [0.3, 0.4) is 0 Å². The maximum atomic E-state index is 12.6. The van der Waals surface area contributed by atoms with Crippen LogP contribution in [0.5, 0.6) is 0 Å². The van der Waals surface area contributed by atoms with Crippen molar-refractivity contribution in [3.63, 3.8) is 0 Å². The van der Waals surface area contributed by atoms with Crippen molar-refractivity contribution in [2.24, 2.45) is 0 Å². The van der Waals surface area contributed by atoms with E-state index in [2.05, 4.69) is 6.92 Å². The summed E-state index contributed by atoms with van der Waals surface area (Å²) in [5, 5.41) is -0.232. The number of amides is 2. The molecule has 2 rings (SSSR count). The summed E-state index contributed by atoms with van der Waals surface area (Å²) in [4.78, 5) is 38.1. The molecule has 9 heteroatoms. The maximum Gasteiger partial charge on any atom is 0.305 e. The quantitative estimate of drug-likeness (QED) is 0.0913. The van der Waals surface area contributed by atoms with Crippen molar-refractivity contribution in [2.45, 2.75) is 71.1 Å². The summed E-state index contributed by atoms with van der Waals surface area (Å²) in [5.41, 5.74) is -0.0197. The number of halogens is 4. The fraction of sp³-hybridized carbons (Fsp3) is 0.591. The van der Waals surface area contributed by atoms with E-state index >= 15 is 0 Å². The van der Waals surface area contributed by atoms with Crippen LogP contribution in [0.4, 0.5) is 0 Å². The van der Waals surface area contributed by atoms with Gasteiger partial charge in [0.15, 0.2) is 0 Å². The monoisotopic (exact) mass is 509 g/mol. The van der Waals surface area contributed by atoms with Crippen molar-refractivity contribution < 1.29 is 19.1 Å². The molecule has 1 aliphatic rings. The van der Waals surface area contributed by atoms with Crippen LogP contribution in [-0.4, -0.2) is 35.8 Å². The number of carbonyl (C=O) groups excluding carboxylic acids is 3. The molecule has 31 heavy (non-hydrogen) atoms. The van der Waals surface area contributed by atoms with Crippen molar-refractivity contribution >= 4 is 64.2 Å². The number of fused-ring (bicyclic) bond motifs is 1. The first kappa shape index (κ1) is 26.2. The van der Waals surface area contributed by atoms with Crippen LogP contribution >= 0.6 is 46.4 Å². The Morgan fingerprint density at radius 3 is 1.84 bits per heavy atom. The molecule has 1 aromatic rings. The molecule has 0 saturated heterocycles. The summed E-state index contributed by atoms with van der Waals surface area (Å²) in [7, 11) is 0. The van der Waals surface area contributed by atoms with Gasteiger partial charge in [0.1, 0.15) is 0 Å². The lowest BCUT2D eigenvalue weighted by molar-refractivity contribution is -0.143. The predicted octanol–water partition coefficient (Wildman–Crippen LogP) is 7.36. The SMILES string of the molecule is CCCCCCCCOC(=O)CCCCCN1C(=O)c2c(Cl)c(Cl)c(Cl)c(Cl)c2C1=O. The minimum atomic E-state index is -0.538. The fourth-order valence-corrected chi connectivity index (χ4v) is 4.47. The van der Waals surface area contributed by atoms with Crippen molar-refractivity contribution in [1.82, 2.24) is 4.90 Å². The van der Waals surface area contributed by atoms with Gasteiger partial charge in [0, 0.05) is 13.0 Å². The second-order valence-electron chi connectivity index (χ2n) is 7.57. The van der Waals surface area contributed by atoms with Gasteiger partial charge in [0.05, 0.1) is 37.8 Å². The molecule has 172 valence electrons. The summed E-state index contributed by atoms with van der Waals surface area (Å²) < 4.78 is 5.24. The largest absolute Gasteiger partial charge is 0.466 e. The number of nitrogens with zero attached hydrogens (tertiary/aromatic N) is 1. The molecule has 0 N–H and O–H groups in total. The molecule has 0 atom stereocenters. The van der Waals surface area contributed by atoms with E-state index in [0.717, 1.165) is 17.7 Å². The number of unbranched alkanes of at least 4 members (excludes halogenated alkanes) is 7. The Balaban J connectivity index is 1.70. The summed E-state index contributed by atoms with van der Waals surface area (Å²) in [6.45, 7) is 2.84. The second-order valence-corrected chi connectivity index (χ2v) is 9.08. The van der Waals surface area contributed by atoms with Gasteiger partial charge in [-0.25, -0.2) is 0 Å². The number of carbonyl (C=O) groups is 3. The van der Waals surface area contributed by atoms with Crippen molar-refractivity contribution in [3.05, 3.63) is 31.2 Å². The Bertz CT molecular complexity index is 781. The fourth-order valence-electron chi connectivity index (χ4n) is 3.46. The molecule has 0 fully saturated rings. The number of hydrogen-bond donors (Lipinski definition) is 0. The normalized spacial score (nSPS) is 13.1. The van der Waals surface area contributed by atoms with Gasteiger partial charge < -0.3 is 4.74 Å². The minimum absolute atomic E-state index is 0.00987. The van der Waals surface area contributed by atoms with Gasteiger partial charge in [-0.05, 0) is 19.3 Å². The molecule has 0 radical (unpaired) electrons. The molecule has 0 bridgehead atoms. The molecule has 0 saturated carbocycles. The van der Waals surface area contributed by atoms with Crippen LogP contribution in [0.25, 0.3) is 0 Å². The third-order valence-electron chi connectivity index (χ3n) is 5.21. The van der Waals surface area contributed by atoms with Crippen LogP contribution < -0.4 is 0 Å². The smallest absolute Gasteiger partial charge is 0.305 e. The van der Waals surface area contributed by atoms with Crippen LogP contribution in [0.1, 0.15) is 91.8 Å². The Labute approximate surface area is 203 Å². The maximum absolute atomic E-state index is 12.6. The van der Waals surface area contributed by atoms with E-state index < -0.39 is 11.8 Å². The van der Waals surface area contributed by atoms with Gasteiger partial charge in [-0.3, -0.25) is 19.3 Å². The zero-order valence-electron chi connectivity index (χ0n) is 17.6. The molecule has 1 aromatic carbocycles. The number of hydrogen-bond acceptors (Lipinski definition) is 4. The van der Waals surface area contributed by atoms with E-state index in [1.54, 1.807) is 0 Å². The summed E-state index contributed by atoms with van der Waals surface area (Å²) in [5.74, 6) is -1.29. The first-order valence-corrected chi connectivity index (χ1v) is 12.2. The third-order valence-corrected chi connectivity index (χ3v) is 7.01. The zero-order valence-corrected chi connectivity index (χ0v) is 20.6. The van der Waals surface area contributed by atoms with E-state index in [1.165, 1.54) is 25.7 Å². The zero-order chi connectivity index (χ0) is 23.0. The van der Waals surface area contributed by atoms with Gasteiger partial charge in [-0.15, -0.1) is 0 Å². The molecule has 0 unspecified atom stereocenters. The highest BCUT2D eigenvalue weighted by Gasteiger charge is 2.41. The Morgan fingerprint density at radius 1 is 0.742 bits per heavy atom.